The van der Waals surface area contributed by atoms with E-state index in [0.29, 0.717) is 17.0 Å². The van der Waals surface area contributed by atoms with Gasteiger partial charge in [-0.1, -0.05) is 18.7 Å². The first-order valence-corrected chi connectivity index (χ1v) is 8.73. The van der Waals surface area contributed by atoms with E-state index in [0.717, 1.165) is 11.1 Å². The molecule has 25 heavy (non-hydrogen) atoms. The number of rotatable bonds is 5. The fraction of sp³-hybridized carbons (Fsp3) is 0.263. The molecule has 1 atom stereocenters. The molecule has 132 valence electrons. The Hall–Kier alpha value is -2.34. The first-order valence-electron chi connectivity index (χ1n) is 7.68. The molecule has 0 bridgehead atoms. The Kier molecular flexibility index (Phi) is 6.20. The van der Waals surface area contributed by atoms with Crippen LogP contribution >= 0.6 is 11.8 Å². The van der Waals surface area contributed by atoms with Gasteiger partial charge >= 0.3 is 5.97 Å². The normalized spacial score (nSPS) is 18.5. The van der Waals surface area contributed by atoms with Crippen LogP contribution < -0.4 is 4.90 Å². The highest BCUT2D eigenvalue weighted by Gasteiger charge is 2.34. The summed E-state index contributed by atoms with van der Waals surface area (Å²) in [5, 5.41) is -0.288. The number of amides is 1. The van der Waals surface area contributed by atoms with Crippen LogP contribution in [0.2, 0.25) is 0 Å². The smallest absolute Gasteiger partial charge is 0.338 e. The molecule has 0 saturated carbocycles. The van der Waals surface area contributed by atoms with Gasteiger partial charge in [0.2, 0.25) is 5.91 Å². The van der Waals surface area contributed by atoms with Crippen LogP contribution in [0.3, 0.4) is 0 Å². The molecule has 1 aliphatic rings. The Bertz CT molecular complexity index is 766. The van der Waals surface area contributed by atoms with Crippen LogP contribution in [-0.2, 0) is 9.53 Å². The van der Waals surface area contributed by atoms with Crippen molar-refractivity contribution < 1.29 is 18.7 Å². The third kappa shape index (κ3) is 4.20. The third-order valence-corrected chi connectivity index (χ3v) is 5.00. The average molecular weight is 361 g/mol. The minimum atomic E-state index is -0.419. The average Bonchev–Trinajstić information content (AvgIpc) is 2.96. The Labute approximate surface area is 151 Å². The zero-order valence-corrected chi connectivity index (χ0v) is 15.2. The van der Waals surface area contributed by atoms with Crippen LogP contribution in [-0.4, -0.2) is 30.1 Å². The Balaban J connectivity index is 2.41. The molecular formula is C19H20FNO3S. The summed E-state index contributed by atoms with van der Waals surface area (Å²) >= 11 is 1.45. The van der Waals surface area contributed by atoms with Crippen molar-refractivity contribution in [1.82, 2.24) is 0 Å². The lowest BCUT2D eigenvalue weighted by Crippen LogP contribution is -2.33. The van der Waals surface area contributed by atoms with Crippen LogP contribution in [0.5, 0.6) is 0 Å². The molecule has 1 amide bonds. The summed E-state index contributed by atoms with van der Waals surface area (Å²) in [6.07, 6.45) is 4.60. The van der Waals surface area contributed by atoms with E-state index < -0.39 is 5.97 Å². The maximum atomic E-state index is 13.0. The first kappa shape index (κ1) is 19.0. The molecule has 2 rings (SSSR count). The van der Waals surface area contributed by atoms with Crippen molar-refractivity contribution in [2.75, 3.05) is 17.8 Å². The highest BCUT2D eigenvalue weighted by Crippen LogP contribution is 2.36. The van der Waals surface area contributed by atoms with Crippen molar-refractivity contribution in [1.29, 1.82) is 0 Å². The van der Waals surface area contributed by atoms with E-state index >= 15 is 0 Å². The molecule has 1 fully saturated rings. The number of aryl methyl sites for hydroxylation is 1. The molecule has 0 N–H and O–H groups in total. The number of hydrogen-bond acceptors (Lipinski definition) is 4. The van der Waals surface area contributed by atoms with Gasteiger partial charge in [-0.3, -0.25) is 9.69 Å². The molecule has 1 heterocycles. The highest BCUT2D eigenvalue weighted by molar-refractivity contribution is 8.01. The highest BCUT2D eigenvalue weighted by atomic mass is 32.2. The van der Waals surface area contributed by atoms with E-state index in [4.69, 9.17) is 4.74 Å². The molecule has 1 aliphatic heterocycles. The number of carbonyl (C=O) groups is 2. The molecule has 1 aromatic rings. The van der Waals surface area contributed by atoms with Gasteiger partial charge in [0.15, 0.2) is 0 Å². The van der Waals surface area contributed by atoms with Gasteiger partial charge in [-0.25, -0.2) is 9.18 Å². The van der Waals surface area contributed by atoms with Crippen LogP contribution in [0.15, 0.2) is 54.4 Å². The predicted molar refractivity (Wildman–Crippen MR) is 99.4 cm³/mol. The fourth-order valence-electron chi connectivity index (χ4n) is 2.55. The second-order valence-corrected chi connectivity index (χ2v) is 6.61. The summed E-state index contributed by atoms with van der Waals surface area (Å²) in [7, 11) is 1.33. The molecule has 0 aromatic heterocycles. The summed E-state index contributed by atoms with van der Waals surface area (Å²) in [5.41, 5.74) is 2.59. The SMILES string of the molecule is C=C/C(=C\C=C(/C)F)C1SCC(=O)N1c1ccc(C(=O)OC)c(C)c1. The van der Waals surface area contributed by atoms with Gasteiger partial charge in [-0.05, 0) is 49.3 Å². The van der Waals surface area contributed by atoms with E-state index in [-0.39, 0.29) is 17.1 Å². The number of thioether (sulfide) groups is 1. The Morgan fingerprint density at radius 2 is 2.16 bits per heavy atom. The lowest BCUT2D eigenvalue weighted by atomic mass is 10.1. The van der Waals surface area contributed by atoms with E-state index in [1.54, 1.807) is 42.2 Å². The van der Waals surface area contributed by atoms with E-state index in [9.17, 15) is 14.0 Å². The second-order valence-electron chi connectivity index (χ2n) is 5.54. The van der Waals surface area contributed by atoms with Gasteiger partial charge in [-0.2, -0.15) is 0 Å². The van der Waals surface area contributed by atoms with Gasteiger partial charge in [-0.15, -0.1) is 11.8 Å². The quantitative estimate of drug-likeness (QED) is 0.583. The molecule has 0 aliphatic carbocycles. The Morgan fingerprint density at radius 3 is 2.72 bits per heavy atom. The molecule has 0 spiro atoms. The summed E-state index contributed by atoms with van der Waals surface area (Å²) in [6, 6.07) is 5.14. The predicted octanol–water partition coefficient (Wildman–Crippen LogP) is 4.17. The number of esters is 1. The number of methoxy groups -OCH3 is 1. The molecular weight excluding hydrogens is 341 g/mol. The van der Waals surface area contributed by atoms with Gasteiger partial charge in [0.1, 0.15) is 5.37 Å². The van der Waals surface area contributed by atoms with Crippen LogP contribution in [0.25, 0.3) is 0 Å². The van der Waals surface area contributed by atoms with E-state index in [1.807, 2.05) is 0 Å². The zero-order valence-electron chi connectivity index (χ0n) is 14.4. The fourth-order valence-corrected chi connectivity index (χ4v) is 3.74. The van der Waals surface area contributed by atoms with Gasteiger partial charge in [0.05, 0.1) is 24.3 Å². The van der Waals surface area contributed by atoms with Crippen LogP contribution in [0.4, 0.5) is 10.1 Å². The van der Waals surface area contributed by atoms with Crippen LogP contribution in [0.1, 0.15) is 22.8 Å². The van der Waals surface area contributed by atoms with Crippen molar-refractivity contribution in [2.45, 2.75) is 19.2 Å². The van der Waals surface area contributed by atoms with E-state index in [2.05, 4.69) is 6.58 Å². The second kappa shape index (κ2) is 8.16. The lowest BCUT2D eigenvalue weighted by molar-refractivity contribution is -0.115. The standard InChI is InChI=1S/C19H20FNO3S/c1-5-14(7-6-13(3)20)18-21(17(22)11-25-18)15-8-9-16(12(2)10-15)19(23)24-4/h5-10,18H,1,11H2,2-4H3/b13-6+,14-7+. The molecule has 1 unspecified atom stereocenters. The maximum absolute atomic E-state index is 13.0. The monoisotopic (exact) mass is 361 g/mol. The number of benzene rings is 1. The van der Waals surface area contributed by atoms with E-state index in [1.165, 1.54) is 31.9 Å². The number of allylic oxidation sites excluding steroid dienone is 3. The number of halogens is 1. The molecule has 0 radical (unpaired) electrons. The first-order chi connectivity index (χ1) is 11.9. The maximum Gasteiger partial charge on any atom is 0.338 e. The van der Waals surface area contributed by atoms with Gasteiger partial charge < -0.3 is 4.74 Å². The summed E-state index contributed by atoms with van der Waals surface area (Å²) in [4.78, 5) is 25.8. The van der Waals surface area contributed by atoms with Crippen molar-refractivity contribution in [3.05, 3.63) is 65.5 Å². The zero-order chi connectivity index (χ0) is 18.6. The van der Waals surface area contributed by atoms with Crippen molar-refractivity contribution in [3.63, 3.8) is 0 Å². The summed E-state index contributed by atoms with van der Waals surface area (Å²) in [5.74, 6) is -0.461. The summed E-state index contributed by atoms with van der Waals surface area (Å²) in [6.45, 7) is 6.92. The number of nitrogens with zero attached hydrogens (tertiary/aromatic N) is 1. The molecule has 4 nitrogen and oxygen atoms in total. The minimum Gasteiger partial charge on any atom is -0.465 e. The lowest BCUT2D eigenvalue weighted by Gasteiger charge is -2.25. The van der Waals surface area contributed by atoms with Crippen molar-refractivity contribution >= 4 is 29.3 Å². The number of hydrogen-bond donors (Lipinski definition) is 0. The number of carbonyl (C=O) groups excluding carboxylic acids is 2. The van der Waals surface area contributed by atoms with Gasteiger partial charge in [0.25, 0.3) is 0 Å². The Morgan fingerprint density at radius 1 is 1.44 bits per heavy atom. The van der Waals surface area contributed by atoms with Gasteiger partial charge in [0, 0.05) is 5.69 Å². The number of anilines is 1. The third-order valence-electron chi connectivity index (χ3n) is 3.79. The minimum absolute atomic E-state index is 0.0473. The molecule has 1 saturated heterocycles. The largest absolute Gasteiger partial charge is 0.465 e. The van der Waals surface area contributed by atoms with Crippen molar-refractivity contribution in [2.24, 2.45) is 0 Å². The molecule has 6 heteroatoms. The number of ether oxygens (including phenoxy) is 1. The topological polar surface area (TPSA) is 46.6 Å². The molecule has 1 aromatic carbocycles. The van der Waals surface area contributed by atoms with Crippen LogP contribution in [0, 0.1) is 6.92 Å². The van der Waals surface area contributed by atoms with Crippen molar-refractivity contribution in [3.8, 4) is 0 Å². The summed E-state index contributed by atoms with van der Waals surface area (Å²) < 4.78 is 17.8.